The summed E-state index contributed by atoms with van der Waals surface area (Å²) < 4.78 is 11.9. The first-order valence-electron chi connectivity index (χ1n) is 12.0. The molecule has 186 valence electrons. The Bertz CT molecular complexity index is 1160. The monoisotopic (exact) mass is 481 g/mol. The van der Waals surface area contributed by atoms with Crippen molar-refractivity contribution >= 4 is 17.8 Å². The lowest BCUT2D eigenvalue weighted by Crippen LogP contribution is -2.42. The molecular formula is C26H31N3O6. The number of rotatable bonds is 6. The summed E-state index contributed by atoms with van der Waals surface area (Å²) >= 11 is 0. The molecule has 1 aromatic heterocycles. The van der Waals surface area contributed by atoms with Gasteiger partial charge in [0.1, 0.15) is 17.4 Å². The van der Waals surface area contributed by atoms with Crippen LogP contribution in [-0.4, -0.2) is 72.0 Å². The molecule has 2 aromatic rings. The number of amides is 2. The van der Waals surface area contributed by atoms with Gasteiger partial charge in [-0.15, -0.1) is 0 Å². The number of aryl methyl sites for hydroxylation is 1. The molecule has 0 N–H and O–H groups in total. The zero-order valence-electron chi connectivity index (χ0n) is 20.2. The van der Waals surface area contributed by atoms with Gasteiger partial charge in [-0.05, 0) is 24.8 Å². The van der Waals surface area contributed by atoms with Gasteiger partial charge in [-0.1, -0.05) is 30.3 Å². The van der Waals surface area contributed by atoms with Crippen molar-refractivity contribution in [1.82, 2.24) is 14.4 Å². The van der Waals surface area contributed by atoms with Gasteiger partial charge in [0.2, 0.25) is 5.91 Å². The first-order chi connectivity index (χ1) is 16.9. The van der Waals surface area contributed by atoms with E-state index in [1.54, 1.807) is 9.47 Å². The zero-order valence-corrected chi connectivity index (χ0v) is 20.2. The SMILES string of the molecule is COC(=O)[C@@H]1CCCN1C(=O)c1c(OC)cc(=O)n2c1CCN(C(=O)CCc1ccccc1)CC2. The molecule has 2 amide bonds. The van der Waals surface area contributed by atoms with Crippen molar-refractivity contribution in [3.63, 3.8) is 0 Å². The summed E-state index contributed by atoms with van der Waals surface area (Å²) in [7, 11) is 2.72. The van der Waals surface area contributed by atoms with Crippen LogP contribution in [0.15, 0.2) is 41.2 Å². The highest BCUT2D eigenvalue weighted by atomic mass is 16.5. The van der Waals surface area contributed by atoms with Crippen LogP contribution in [0, 0.1) is 0 Å². The predicted molar refractivity (Wildman–Crippen MR) is 128 cm³/mol. The fraction of sp³-hybridized carbons (Fsp3) is 0.462. The predicted octanol–water partition coefficient (Wildman–Crippen LogP) is 1.65. The highest BCUT2D eigenvalue weighted by Gasteiger charge is 2.38. The molecule has 1 fully saturated rings. The Balaban J connectivity index is 1.58. The van der Waals surface area contributed by atoms with Gasteiger partial charge in [-0.3, -0.25) is 14.4 Å². The molecule has 0 bridgehead atoms. The van der Waals surface area contributed by atoms with Gasteiger partial charge in [0.05, 0.1) is 14.2 Å². The van der Waals surface area contributed by atoms with Crippen LogP contribution in [0.1, 0.15) is 40.9 Å². The fourth-order valence-corrected chi connectivity index (χ4v) is 4.98. The summed E-state index contributed by atoms with van der Waals surface area (Å²) in [4.78, 5) is 55.0. The Labute approximate surface area is 204 Å². The molecule has 35 heavy (non-hydrogen) atoms. The van der Waals surface area contributed by atoms with E-state index < -0.39 is 12.0 Å². The van der Waals surface area contributed by atoms with Gasteiger partial charge in [-0.25, -0.2) is 4.79 Å². The van der Waals surface area contributed by atoms with Crippen LogP contribution in [0.2, 0.25) is 0 Å². The lowest BCUT2D eigenvalue weighted by molar-refractivity contribution is -0.145. The average molecular weight is 482 g/mol. The number of carbonyl (C=O) groups excluding carboxylic acids is 3. The lowest BCUT2D eigenvalue weighted by Gasteiger charge is -2.25. The second kappa shape index (κ2) is 10.8. The first kappa shape index (κ1) is 24.5. The summed E-state index contributed by atoms with van der Waals surface area (Å²) in [5.74, 6) is -0.614. The molecule has 9 heteroatoms. The van der Waals surface area contributed by atoms with Gasteiger partial charge in [0.25, 0.3) is 11.5 Å². The molecule has 9 nitrogen and oxygen atoms in total. The largest absolute Gasteiger partial charge is 0.496 e. The van der Waals surface area contributed by atoms with Crippen LogP contribution in [0.25, 0.3) is 0 Å². The van der Waals surface area contributed by atoms with Crippen LogP contribution < -0.4 is 10.3 Å². The van der Waals surface area contributed by atoms with Crippen LogP contribution in [0.4, 0.5) is 0 Å². The fourth-order valence-electron chi connectivity index (χ4n) is 4.98. The number of methoxy groups -OCH3 is 2. The molecule has 1 aromatic carbocycles. The second-order valence-corrected chi connectivity index (χ2v) is 8.82. The molecule has 4 rings (SSSR count). The molecule has 2 aliphatic heterocycles. The number of aromatic nitrogens is 1. The Hall–Kier alpha value is -3.62. The maximum absolute atomic E-state index is 13.7. The molecule has 0 spiro atoms. The number of esters is 1. The summed E-state index contributed by atoms with van der Waals surface area (Å²) in [6.07, 6.45) is 2.57. The van der Waals surface area contributed by atoms with E-state index in [-0.39, 0.29) is 35.2 Å². The number of hydrogen-bond donors (Lipinski definition) is 0. The van der Waals surface area contributed by atoms with E-state index >= 15 is 0 Å². The Morgan fingerprint density at radius 2 is 1.80 bits per heavy atom. The third-order valence-electron chi connectivity index (χ3n) is 6.84. The van der Waals surface area contributed by atoms with Gasteiger partial charge >= 0.3 is 5.97 Å². The van der Waals surface area contributed by atoms with Gasteiger partial charge in [0, 0.05) is 50.8 Å². The van der Waals surface area contributed by atoms with E-state index in [4.69, 9.17) is 9.47 Å². The van der Waals surface area contributed by atoms with Crippen LogP contribution >= 0.6 is 0 Å². The molecule has 0 radical (unpaired) electrons. The van der Waals surface area contributed by atoms with Crippen LogP contribution in [-0.2, 0) is 33.7 Å². The molecule has 0 saturated carbocycles. The minimum Gasteiger partial charge on any atom is -0.496 e. The molecule has 1 atom stereocenters. The minimum absolute atomic E-state index is 0.0137. The molecule has 3 heterocycles. The van der Waals surface area contributed by atoms with Crippen molar-refractivity contribution in [2.75, 3.05) is 33.9 Å². The first-order valence-corrected chi connectivity index (χ1v) is 12.0. The van der Waals surface area contributed by atoms with Crippen molar-refractivity contribution in [3.8, 4) is 5.75 Å². The van der Waals surface area contributed by atoms with Crippen molar-refractivity contribution in [3.05, 3.63) is 63.6 Å². The van der Waals surface area contributed by atoms with Gasteiger partial charge in [-0.2, -0.15) is 0 Å². The Morgan fingerprint density at radius 1 is 1.03 bits per heavy atom. The normalized spacial score (nSPS) is 17.5. The number of benzene rings is 1. The molecule has 0 aliphatic carbocycles. The number of pyridine rings is 1. The zero-order chi connectivity index (χ0) is 24.9. The summed E-state index contributed by atoms with van der Waals surface area (Å²) in [6, 6.07) is 10.5. The number of nitrogens with zero attached hydrogens (tertiary/aromatic N) is 3. The number of carbonyl (C=O) groups is 3. The van der Waals surface area contributed by atoms with E-state index in [1.807, 2.05) is 30.3 Å². The maximum Gasteiger partial charge on any atom is 0.328 e. The summed E-state index contributed by atoms with van der Waals surface area (Å²) in [5, 5.41) is 0. The van der Waals surface area contributed by atoms with Crippen LogP contribution in [0.5, 0.6) is 5.75 Å². The number of ether oxygens (including phenoxy) is 2. The Morgan fingerprint density at radius 3 is 2.51 bits per heavy atom. The molecule has 1 saturated heterocycles. The van der Waals surface area contributed by atoms with E-state index in [9.17, 15) is 19.2 Å². The minimum atomic E-state index is -0.661. The van der Waals surface area contributed by atoms with Crippen molar-refractivity contribution in [1.29, 1.82) is 0 Å². The Kier molecular flexibility index (Phi) is 7.53. The molecule has 0 unspecified atom stereocenters. The van der Waals surface area contributed by atoms with Crippen LogP contribution in [0.3, 0.4) is 0 Å². The number of likely N-dealkylation sites (tertiary alicyclic amines) is 1. The van der Waals surface area contributed by atoms with E-state index in [1.165, 1.54) is 25.2 Å². The number of hydrogen-bond acceptors (Lipinski definition) is 6. The van der Waals surface area contributed by atoms with E-state index in [0.29, 0.717) is 57.4 Å². The van der Waals surface area contributed by atoms with E-state index in [2.05, 4.69) is 0 Å². The third kappa shape index (κ3) is 5.08. The topological polar surface area (TPSA) is 98.2 Å². The molecular weight excluding hydrogens is 450 g/mol. The highest BCUT2D eigenvalue weighted by molar-refractivity contribution is 6.00. The van der Waals surface area contributed by atoms with Gasteiger partial charge < -0.3 is 23.8 Å². The van der Waals surface area contributed by atoms with Crippen molar-refractivity contribution in [2.24, 2.45) is 0 Å². The maximum atomic E-state index is 13.7. The van der Waals surface area contributed by atoms with Gasteiger partial charge in [0.15, 0.2) is 0 Å². The van der Waals surface area contributed by atoms with Crippen molar-refractivity contribution in [2.45, 2.75) is 44.7 Å². The summed E-state index contributed by atoms with van der Waals surface area (Å²) in [5.41, 5.74) is 1.63. The summed E-state index contributed by atoms with van der Waals surface area (Å²) in [6.45, 7) is 1.48. The second-order valence-electron chi connectivity index (χ2n) is 8.82. The average Bonchev–Trinajstić information content (AvgIpc) is 3.27. The lowest BCUT2D eigenvalue weighted by atomic mass is 10.1. The highest BCUT2D eigenvalue weighted by Crippen LogP contribution is 2.28. The van der Waals surface area contributed by atoms with E-state index in [0.717, 1.165) is 5.56 Å². The smallest absolute Gasteiger partial charge is 0.328 e. The van der Waals surface area contributed by atoms with Crippen molar-refractivity contribution < 1.29 is 23.9 Å². The molecule has 2 aliphatic rings. The quantitative estimate of drug-likeness (QED) is 0.582. The standard InChI is InChI=1S/C26H31N3O6/c1-34-21-17-23(31)28-16-15-27(22(30)11-10-18-7-4-3-5-8-18)14-12-19(28)24(21)25(32)29-13-6-9-20(29)26(33)35-2/h3-5,7-8,17,20H,6,9-16H2,1-2H3/t20-/m0/s1. The number of fused-ring (bicyclic) bond motifs is 1. The third-order valence-corrected chi connectivity index (χ3v) is 6.84.